The molecule has 5 rings (SSSR count). The predicted octanol–water partition coefficient (Wildman–Crippen LogP) is 4.74. The number of rotatable bonds is 0. The maximum atomic E-state index is 6.06. The van der Waals surface area contributed by atoms with E-state index in [-0.39, 0.29) is 0 Å². The third-order valence-corrected chi connectivity index (χ3v) is 4.17. The van der Waals surface area contributed by atoms with Crippen molar-refractivity contribution in [2.45, 2.75) is 0 Å². The Morgan fingerprint density at radius 2 is 1.68 bits per heavy atom. The zero-order chi connectivity index (χ0) is 14.7. The topological polar surface area (TPSA) is 48.1 Å². The SMILES string of the molecule is Nc1ccc2c(c1)nc1c3c(cccc32)Oc2ccccc2-1. The van der Waals surface area contributed by atoms with Crippen molar-refractivity contribution in [2.24, 2.45) is 0 Å². The van der Waals surface area contributed by atoms with Crippen molar-refractivity contribution in [1.29, 1.82) is 0 Å². The first-order valence-corrected chi connectivity index (χ1v) is 7.20. The van der Waals surface area contributed by atoms with Crippen molar-refractivity contribution in [3.63, 3.8) is 0 Å². The van der Waals surface area contributed by atoms with Gasteiger partial charge in [0.2, 0.25) is 0 Å². The lowest BCUT2D eigenvalue weighted by atomic mass is 9.97. The third-order valence-electron chi connectivity index (χ3n) is 4.17. The standard InChI is InChI=1S/C19H12N2O/c20-11-8-9-12-13-5-3-7-17-18(13)19(21-15(12)10-11)14-4-1-2-6-16(14)22-17/h1-10H,20H2. The van der Waals surface area contributed by atoms with Crippen LogP contribution < -0.4 is 10.5 Å². The Balaban J connectivity index is 2.04. The number of hydrogen-bond acceptors (Lipinski definition) is 3. The average Bonchev–Trinajstić information content (AvgIpc) is 2.54. The monoisotopic (exact) mass is 284 g/mol. The van der Waals surface area contributed by atoms with Crippen LogP contribution in [0.5, 0.6) is 11.5 Å². The number of anilines is 1. The number of para-hydroxylation sites is 1. The van der Waals surface area contributed by atoms with Crippen LogP contribution in [0.15, 0.2) is 60.7 Å². The highest BCUT2D eigenvalue weighted by atomic mass is 16.5. The molecule has 0 radical (unpaired) electrons. The number of fused-ring (bicyclic) bond motifs is 4. The molecule has 0 spiro atoms. The molecule has 22 heavy (non-hydrogen) atoms. The Bertz CT molecular complexity index is 1070. The summed E-state index contributed by atoms with van der Waals surface area (Å²) in [7, 11) is 0. The minimum absolute atomic E-state index is 0.725. The molecule has 0 saturated heterocycles. The number of nitrogens with two attached hydrogens (primary N) is 1. The largest absolute Gasteiger partial charge is 0.456 e. The van der Waals surface area contributed by atoms with Crippen molar-refractivity contribution in [3.05, 3.63) is 60.7 Å². The maximum absolute atomic E-state index is 6.06. The Hall–Kier alpha value is -3.07. The van der Waals surface area contributed by atoms with E-state index in [1.165, 1.54) is 0 Å². The van der Waals surface area contributed by atoms with Gasteiger partial charge in [-0.2, -0.15) is 0 Å². The van der Waals surface area contributed by atoms with Crippen molar-refractivity contribution in [3.8, 4) is 22.8 Å². The molecule has 3 heteroatoms. The van der Waals surface area contributed by atoms with Gasteiger partial charge >= 0.3 is 0 Å². The second-order valence-corrected chi connectivity index (χ2v) is 5.51. The fraction of sp³-hybridized carbons (Fsp3) is 0. The number of aromatic nitrogens is 1. The molecule has 1 aromatic heterocycles. The van der Waals surface area contributed by atoms with Crippen LogP contribution in [-0.4, -0.2) is 4.98 Å². The quantitative estimate of drug-likeness (QED) is 0.330. The van der Waals surface area contributed by atoms with Crippen LogP contribution in [0.2, 0.25) is 0 Å². The molecule has 104 valence electrons. The maximum Gasteiger partial charge on any atom is 0.137 e. The molecule has 0 aliphatic carbocycles. The van der Waals surface area contributed by atoms with Crippen LogP contribution in [0.3, 0.4) is 0 Å². The molecule has 1 aliphatic rings. The number of nitrogens with zero attached hydrogens (tertiary/aromatic N) is 1. The Kier molecular flexibility index (Phi) is 2.09. The van der Waals surface area contributed by atoms with Crippen LogP contribution in [0, 0.1) is 0 Å². The molecule has 0 atom stereocenters. The van der Waals surface area contributed by atoms with Crippen molar-refractivity contribution in [2.75, 3.05) is 5.73 Å². The fourth-order valence-corrected chi connectivity index (χ4v) is 3.19. The lowest BCUT2D eigenvalue weighted by Crippen LogP contribution is -2.00. The van der Waals surface area contributed by atoms with E-state index < -0.39 is 0 Å². The first kappa shape index (κ1) is 11.6. The molecule has 0 bridgehead atoms. The van der Waals surface area contributed by atoms with Gasteiger partial charge in [-0.25, -0.2) is 4.98 Å². The van der Waals surface area contributed by atoms with Gasteiger partial charge in [0.15, 0.2) is 0 Å². The summed E-state index contributed by atoms with van der Waals surface area (Å²) in [5.74, 6) is 1.70. The van der Waals surface area contributed by atoms with Gasteiger partial charge in [0.25, 0.3) is 0 Å². The third kappa shape index (κ3) is 1.42. The van der Waals surface area contributed by atoms with Gasteiger partial charge in [-0.3, -0.25) is 0 Å². The minimum Gasteiger partial charge on any atom is -0.456 e. The number of nitrogen functional groups attached to an aromatic ring is 1. The molecule has 0 saturated carbocycles. The first-order valence-electron chi connectivity index (χ1n) is 7.20. The molecule has 0 fully saturated rings. The summed E-state index contributed by atoms with van der Waals surface area (Å²) in [4.78, 5) is 4.88. The van der Waals surface area contributed by atoms with Gasteiger partial charge in [-0.1, -0.05) is 30.3 Å². The predicted molar refractivity (Wildman–Crippen MR) is 89.2 cm³/mol. The minimum atomic E-state index is 0.725. The molecular formula is C19H12N2O. The van der Waals surface area contributed by atoms with Crippen LogP contribution in [-0.2, 0) is 0 Å². The summed E-state index contributed by atoms with van der Waals surface area (Å²) < 4.78 is 6.06. The van der Waals surface area contributed by atoms with Crippen LogP contribution >= 0.6 is 0 Å². The Morgan fingerprint density at radius 3 is 2.64 bits per heavy atom. The van der Waals surface area contributed by atoms with E-state index in [0.29, 0.717) is 0 Å². The normalized spacial score (nSPS) is 12.2. The van der Waals surface area contributed by atoms with Crippen molar-refractivity contribution < 1.29 is 4.74 Å². The molecule has 1 aliphatic heterocycles. The van der Waals surface area contributed by atoms with E-state index in [1.807, 2.05) is 54.6 Å². The van der Waals surface area contributed by atoms with Crippen LogP contribution in [0.4, 0.5) is 5.69 Å². The molecule has 3 nitrogen and oxygen atoms in total. The van der Waals surface area contributed by atoms with E-state index in [9.17, 15) is 0 Å². The molecule has 4 aromatic rings. The molecule has 0 unspecified atom stereocenters. The van der Waals surface area contributed by atoms with E-state index in [2.05, 4.69) is 6.07 Å². The zero-order valence-corrected chi connectivity index (χ0v) is 11.7. The van der Waals surface area contributed by atoms with Gasteiger partial charge in [0.1, 0.15) is 11.5 Å². The molecule has 2 N–H and O–H groups in total. The summed E-state index contributed by atoms with van der Waals surface area (Å²) in [6.07, 6.45) is 0. The number of benzene rings is 3. The summed E-state index contributed by atoms with van der Waals surface area (Å²) >= 11 is 0. The Labute approximate surface area is 127 Å². The molecule has 3 aromatic carbocycles. The van der Waals surface area contributed by atoms with E-state index >= 15 is 0 Å². The van der Waals surface area contributed by atoms with E-state index in [1.54, 1.807) is 0 Å². The van der Waals surface area contributed by atoms with Gasteiger partial charge < -0.3 is 10.5 Å². The number of ether oxygens (including phenoxy) is 1. The average molecular weight is 284 g/mol. The highest BCUT2D eigenvalue weighted by molar-refractivity contribution is 6.14. The van der Waals surface area contributed by atoms with Gasteiger partial charge in [0, 0.05) is 16.6 Å². The highest BCUT2D eigenvalue weighted by Gasteiger charge is 2.22. The molecular weight excluding hydrogens is 272 g/mol. The lowest BCUT2D eigenvalue weighted by Gasteiger charge is -2.21. The summed E-state index contributed by atoms with van der Waals surface area (Å²) in [5.41, 5.74) is 9.56. The number of hydrogen-bond donors (Lipinski definition) is 1. The second kappa shape index (κ2) is 3.98. The second-order valence-electron chi connectivity index (χ2n) is 5.51. The van der Waals surface area contributed by atoms with Crippen LogP contribution in [0.25, 0.3) is 32.9 Å². The zero-order valence-electron chi connectivity index (χ0n) is 11.7. The van der Waals surface area contributed by atoms with E-state index in [0.717, 1.165) is 50.1 Å². The first-order chi connectivity index (χ1) is 10.8. The fourth-order valence-electron chi connectivity index (χ4n) is 3.19. The lowest BCUT2D eigenvalue weighted by molar-refractivity contribution is 0.486. The van der Waals surface area contributed by atoms with Crippen molar-refractivity contribution >= 4 is 27.4 Å². The van der Waals surface area contributed by atoms with Crippen LogP contribution in [0.1, 0.15) is 0 Å². The van der Waals surface area contributed by atoms with E-state index in [4.69, 9.17) is 15.5 Å². The smallest absolute Gasteiger partial charge is 0.137 e. The summed E-state index contributed by atoms with van der Waals surface area (Å²) in [6, 6.07) is 20.0. The Morgan fingerprint density at radius 1 is 0.818 bits per heavy atom. The molecule has 2 heterocycles. The summed E-state index contributed by atoms with van der Waals surface area (Å²) in [6.45, 7) is 0. The summed E-state index contributed by atoms with van der Waals surface area (Å²) in [5, 5.41) is 3.31. The number of pyridine rings is 1. The van der Waals surface area contributed by atoms with Gasteiger partial charge in [-0.15, -0.1) is 0 Å². The highest BCUT2D eigenvalue weighted by Crippen LogP contribution is 2.46. The van der Waals surface area contributed by atoms with Crippen molar-refractivity contribution in [1.82, 2.24) is 4.98 Å². The van der Waals surface area contributed by atoms with Gasteiger partial charge in [0.05, 0.1) is 16.6 Å². The van der Waals surface area contributed by atoms with Gasteiger partial charge in [-0.05, 0) is 35.7 Å². The molecule has 0 amide bonds.